The molecule has 0 radical (unpaired) electrons. The third kappa shape index (κ3) is 3.01. The van der Waals surface area contributed by atoms with Gasteiger partial charge in [0.25, 0.3) is 0 Å². The van der Waals surface area contributed by atoms with Gasteiger partial charge in [0.2, 0.25) is 11.6 Å². The molecule has 0 aliphatic carbocycles. The van der Waals surface area contributed by atoms with Crippen LogP contribution in [0.1, 0.15) is 0 Å². The first kappa shape index (κ1) is 16.0. The molecule has 0 aromatic carbocycles. The van der Waals surface area contributed by atoms with E-state index in [0.29, 0.717) is 11.6 Å². The molecule has 5 heterocycles. The van der Waals surface area contributed by atoms with Gasteiger partial charge in [-0.15, -0.1) is 65.7 Å². The van der Waals surface area contributed by atoms with Crippen molar-refractivity contribution >= 4 is 45.3 Å². The van der Waals surface area contributed by atoms with Crippen molar-refractivity contribution in [2.24, 2.45) is 0 Å². The van der Waals surface area contributed by atoms with E-state index in [2.05, 4.69) is 67.6 Å². The fraction of sp³-hybridized carbons (Fsp3) is 0. The highest BCUT2D eigenvalue weighted by Crippen LogP contribution is 2.36. The summed E-state index contributed by atoms with van der Waals surface area (Å²) in [5.74, 6) is 1.13. The molecule has 0 aliphatic heterocycles. The van der Waals surface area contributed by atoms with Crippen molar-refractivity contribution in [2.45, 2.75) is 0 Å². The van der Waals surface area contributed by atoms with Crippen molar-refractivity contribution in [2.75, 3.05) is 0 Å². The maximum absolute atomic E-state index is 4.29. The van der Waals surface area contributed by atoms with Gasteiger partial charge in [-0.2, -0.15) is 0 Å². The molecule has 126 valence electrons. The molecule has 0 N–H and O–H groups in total. The number of aromatic nitrogens is 4. The summed E-state index contributed by atoms with van der Waals surface area (Å²) in [4.78, 5) is 6.87. The van der Waals surface area contributed by atoms with Gasteiger partial charge < -0.3 is 0 Å². The van der Waals surface area contributed by atoms with E-state index in [1.54, 1.807) is 45.3 Å². The molecule has 0 bridgehead atoms. The molecular formula is C18H10N4S4. The summed E-state index contributed by atoms with van der Waals surface area (Å²) in [6, 6.07) is 16.6. The molecule has 0 amide bonds. The second-order valence-electron chi connectivity index (χ2n) is 5.33. The number of rotatable bonds is 4. The molecule has 0 aliphatic rings. The van der Waals surface area contributed by atoms with Crippen molar-refractivity contribution in [1.82, 2.24) is 20.4 Å². The van der Waals surface area contributed by atoms with Crippen molar-refractivity contribution in [3.63, 3.8) is 0 Å². The Morgan fingerprint density at radius 1 is 0.462 bits per heavy atom. The summed E-state index contributed by atoms with van der Waals surface area (Å²) >= 11 is 6.77. The second-order valence-corrected chi connectivity index (χ2v) is 9.39. The molecule has 26 heavy (non-hydrogen) atoms. The van der Waals surface area contributed by atoms with Crippen LogP contribution in [0.25, 0.3) is 40.9 Å². The number of hydrogen-bond donors (Lipinski definition) is 0. The lowest BCUT2D eigenvalue weighted by molar-refractivity contribution is 0.881. The highest BCUT2D eigenvalue weighted by Gasteiger charge is 2.12. The van der Waals surface area contributed by atoms with E-state index in [1.807, 2.05) is 12.1 Å². The molecule has 0 unspecified atom stereocenters. The van der Waals surface area contributed by atoms with Crippen LogP contribution in [0, 0.1) is 0 Å². The van der Waals surface area contributed by atoms with E-state index < -0.39 is 0 Å². The number of hydrogen-bond acceptors (Lipinski definition) is 8. The predicted molar refractivity (Wildman–Crippen MR) is 111 cm³/mol. The molecule has 5 aromatic heterocycles. The Balaban J connectivity index is 1.41. The topological polar surface area (TPSA) is 51.6 Å². The first-order valence-electron chi connectivity index (χ1n) is 7.72. The van der Waals surface area contributed by atoms with Crippen LogP contribution in [0.5, 0.6) is 0 Å². The lowest BCUT2D eigenvalue weighted by Gasteiger charge is -1.96. The fourth-order valence-electron chi connectivity index (χ4n) is 2.45. The van der Waals surface area contributed by atoms with E-state index in [9.17, 15) is 0 Å². The summed E-state index contributed by atoms with van der Waals surface area (Å²) in [5.41, 5.74) is 0. The molecule has 5 aromatic rings. The minimum Gasteiger partial charge on any atom is -0.143 e. The zero-order valence-electron chi connectivity index (χ0n) is 13.2. The van der Waals surface area contributed by atoms with Crippen molar-refractivity contribution < 1.29 is 0 Å². The first-order valence-corrected chi connectivity index (χ1v) is 11.1. The number of thiophene rings is 4. The lowest BCUT2D eigenvalue weighted by atomic mass is 10.3. The van der Waals surface area contributed by atoms with E-state index in [-0.39, 0.29) is 0 Å². The summed E-state index contributed by atoms with van der Waals surface area (Å²) < 4.78 is 0. The first-order chi connectivity index (χ1) is 12.9. The minimum absolute atomic E-state index is 0.566. The largest absolute Gasteiger partial charge is 0.213 e. The molecule has 0 atom stereocenters. The van der Waals surface area contributed by atoms with Gasteiger partial charge in [-0.05, 0) is 47.2 Å². The van der Waals surface area contributed by atoms with Crippen LogP contribution in [-0.2, 0) is 0 Å². The predicted octanol–water partition coefficient (Wildman–Crippen LogP) is 6.18. The SMILES string of the molecule is c1csc(-c2ccc(-c3nnc(-c4ccc(-c5cccs5)s4)nn3)s2)c1. The molecule has 5 rings (SSSR count). The molecule has 0 spiro atoms. The van der Waals surface area contributed by atoms with E-state index in [0.717, 1.165) is 9.75 Å². The van der Waals surface area contributed by atoms with Gasteiger partial charge >= 0.3 is 0 Å². The highest BCUT2D eigenvalue weighted by atomic mass is 32.1. The lowest BCUT2D eigenvalue weighted by Crippen LogP contribution is -1.97. The van der Waals surface area contributed by atoms with Gasteiger partial charge in [0.05, 0.1) is 9.75 Å². The molecular weight excluding hydrogens is 400 g/mol. The van der Waals surface area contributed by atoms with Gasteiger partial charge in [-0.25, -0.2) is 0 Å². The third-order valence-corrected chi connectivity index (χ3v) is 7.95. The second kappa shape index (κ2) is 6.81. The van der Waals surface area contributed by atoms with Crippen LogP contribution in [-0.4, -0.2) is 20.4 Å². The molecule has 8 heteroatoms. The van der Waals surface area contributed by atoms with Crippen LogP contribution in [0.2, 0.25) is 0 Å². The normalized spacial score (nSPS) is 11.1. The molecule has 0 fully saturated rings. The van der Waals surface area contributed by atoms with Gasteiger partial charge in [0.1, 0.15) is 0 Å². The highest BCUT2D eigenvalue weighted by molar-refractivity contribution is 7.23. The zero-order chi connectivity index (χ0) is 17.3. The number of nitrogens with zero attached hydrogens (tertiary/aromatic N) is 4. The molecule has 0 saturated carbocycles. The Hall–Kier alpha value is -2.26. The summed E-state index contributed by atoms with van der Waals surface area (Å²) in [6.45, 7) is 0. The third-order valence-electron chi connectivity index (χ3n) is 3.66. The minimum atomic E-state index is 0.566. The Bertz CT molecular complexity index is 1030. The summed E-state index contributed by atoms with van der Waals surface area (Å²) in [7, 11) is 0. The average molecular weight is 411 g/mol. The fourth-order valence-corrected chi connectivity index (χ4v) is 5.98. The van der Waals surface area contributed by atoms with Gasteiger partial charge in [0.15, 0.2) is 0 Å². The maximum Gasteiger partial charge on any atom is 0.213 e. The van der Waals surface area contributed by atoms with Crippen LogP contribution >= 0.6 is 45.3 Å². The van der Waals surface area contributed by atoms with Crippen molar-refractivity contribution in [3.8, 4) is 40.9 Å². The Morgan fingerprint density at radius 3 is 1.27 bits per heavy atom. The molecule has 4 nitrogen and oxygen atoms in total. The quantitative estimate of drug-likeness (QED) is 0.355. The summed E-state index contributed by atoms with van der Waals surface area (Å²) in [5, 5.41) is 21.3. The summed E-state index contributed by atoms with van der Waals surface area (Å²) in [6.07, 6.45) is 0. The maximum atomic E-state index is 4.29. The van der Waals surface area contributed by atoms with Gasteiger partial charge in [-0.1, -0.05) is 12.1 Å². The van der Waals surface area contributed by atoms with E-state index >= 15 is 0 Å². The monoisotopic (exact) mass is 410 g/mol. The standard InChI is InChI=1S/C18H10N4S4/c1-3-11(23-9-1)13-5-7-15(25-13)17-19-21-18(22-20-17)16-8-6-14(26-16)12-4-2-10-24-12/h1-10H. The van der Waals surface area contributed by atoms with Crippen LogP contribution in [0.4, 0.5) is 0 Å². The van der Waals surface area contributed by atoms with Gasteiger partial charge in [0, 0.05) is 19.5 Å². The van der Waals surface area contributed by atoms with Crippen LogP contribution < -0.4 is 0 Å². The van der Waals surface area contributed by atoms with Crippen molar-refractivity contribution in [1.29, 1.82) is 0 Å². The van der Waals surface area contributed by atoms with Crippen LogP contribution in [0.3, 0.4) is 0 Å². The Kier molecular flexibility index (Phi) is 4.18. The smallest absolute Gasteiger partial charge is 0.143 e. The Labute approximate surface area is 165 Å². The van der Waals surface area contributed by atoms with Crippen molar-refractivity contribution in [3.05, 3.63) is 59.3 Å². The van der Waals surface area contributed by atoms with Crippen LogP contribution in [0.15, 0.2) is 59.3 Å². The van der Waals surface area contributed by atoms with E-state index in [1.165, 1.54) is 19.5 Å². The zero-order valence-corrected chi connectivity index (χ0v) is 16.5. The molecule has 0 saturated heterocycles. The van der Waals surface area contributed by atoms with E-state index in [4.69, 9.17) is 0 Å². The van der Waals surface area contributed by atoms with Gasteiger partial charge in [-0.3, -0.25) is 0 Å². The Morgan fingerprint density at radius 2 is 0.885 bits per heavy atom. The average Bonchev–Trinajstić information content (AvgIpc) is 3.49.